The Morgan fingerprint density at radius 2 is 1.42 bits per heavy atom. The summed E-state index contributed by atoms with van der Waals surface area (Å²) in [5.74, 6) is -0.978. The van der Waals surface area contributed by atoms with Gasteiger partial charge >= 0.3 is 0 Å². The summed E-state index contributed by atoms with van der Waals surface area (Å²) in [6.07, 6.45) is 0.232. The van der Waals surface area contributed by atoms with Crippen LogP contribution in [0.4, 0.5) is 8.78 Å². The smallest absolute Gasteiger partial charge is 0.162 e. The number of nitrogens with zero attached hydrogens (tertiary/aromatic N) is 1. The van der Waals surface area contributed by atoms with Crippen LogP contribution in [0.3, 0.4) is 0 Å². The number of halogens is 2. The van der Waals surface area contributed by atoms with E-state index in [1.54, 1.807) is 6.07 Å². The largest absolute Gasteiger partial charge is 0.364 e. The first-order chi connectivity index (χ1) is 12.7. The Bertz CT molecular complexity index is 923. The monoisotopic (exact) mass is 348 g/mol. The molecule has 1 aliphatic rings. The molecule has 2 atom stereocenters. The summed E-state index contributed by atoms with van der Waals surface area (Å²) in [4.78, 5) is 4.80. The Morgan fingerprint density at radius 3 is 2.12 bits per heavy atom. The highest BCUT2D eigenvalue weighted by atomic mass is 19.2. The van der Waals surface area contributed by atoms with Crippen LogP contribution in [-0.4, -0.2) is 5.84 Å². The van der Waals surface area contributed by atoms with Gasteiger partial charge in [-0.25, -0.2) is 8.78 Å². The summed E-state index contributed by atoms with van der Waals surface area (Å²) in [6.45, 7) is 0. The van der Waals surface area contributed by atoms with Crippen molar-refractivity contribution in [3.63, 3.8) is 0 Å². The SMILES string of the molecule is Fc1cccc(CC2=N[C@@H](c3ccccc3)[C@@H](c3ccccc3)N2)c1F. The van der Waals surface area contributed by atoms with Gasteiger partial charge in [-0.2, -0.15) is 0 Å². The quantitative estimate of drug-likeness (QED) is 0.706. The number of amidine groups is 1. The second kappa shape index (κ2) is 7.08. The summed E-state index contributed by atoms with van der Waals surface area (Å²) >= 11 is 0. The molecule has 130 valence electrons. The molecule has 0 unspecified atom stereocenters. The number of rotatable bonds is 4. The molecule has 0 bridgehead atoms. The first-order valence-electron chi connectivity index (χ1n) is 8.58. The molecule has 0 saturated carbocycles. The first-order valence-corrected chi connectivity index (χ1v) is 8.58. The molecular formula is C22H18F2N2. The minimum absolute atomic E-state index is 0.0368. The summed E-state index contributed by atoms with van der Waals surface area (Å²) in [5, 5.41) is 3.41. The van der Waals surface area contributed by atoms with Gasteiger partial charge in [-0.1, -0.05) is 72.8 Å². The highest BCUT2D eigenvalue weighted by molar-refractivity contribution is 5.87. The third-order valence-electron chi connectivity index (χ3n) is 4.62. The average Bonchev–Trinajstić information content (AvgIpc) is 3.11. The average molecular weight is 348 g/mol. The van der Waals surface area contributed by atoms with Crippen molar-refractivity contribution in [3.8, 4) is 0 Å². The van der Waals surface area contributed by atoms with E-state index in [0.29, 0.717) is 11.4 Å². The normalized spacial score (nSPS) is 19.1. The summed E-state index contributed by atoms with van der Waals surface area (Å²) in [7, 11) is 0. The van der Waals surface area contributed by atoms with E-state index in [4.69, 9.17) is 4.99 Å². The lowest BCUT2D eigenvalue weighted by atomic mass is 9.95. The number of hydrogen-bond acceptors (Lipinski definition) is 2. The molecule has 1 aliphatic heterocycles. The highest BCUT2D eigenvalue weighted by Gasteiger charge is 2.31. The van der Waals surface area contributed by atoms with E-state index in [1.807, 2.05) is 48.5 Å². The van der Waals surface area contributed by atoms with Crippen LogP contribution in [0.1, 0.15) is 28.8 Å². The molecule has 26 heavy (non-hydrogen) atoms. The van der Waals surface area contributed by atoms with Gasteiger partial charge in [-0.05, 0) is 22.8 Å². The van der Waals surface area contributed by atoms with Gasteiger partial charge in [-0.3, -0.25) is 4.99 Å². The molecule has 0 spiro atoms. The van der Waals surface area contributed by atoms with Crippen molar-refractivity contribution >= 4 is 5.84 Å². The van der Waals surface area contributed by atoms with E-state index >= 15 is 0 Å². The molecule has 4 heteroatoms. The van der Waals surface area contributed by atoms with E-state index in [1.165, 1.54) is 6.07 Å². The lowest BCUT2D eigenvalue weighted by molar-refractivity contribution is 0.501. The first kappa shape index (κ1) is 16.5. The molecule has 3 aromatic rings. The lowest BCUT2D eigenvalue weighted by Crippen LogP contribution is -2.26. The Kier molecular flexibility index (Phi) is 4.48. The molecule has 0 saturated heterocycles. The zero-order chi connectivity index (χ0) is 17.9. The van der Waals surface area contributed by atoms with Gasteiger partial charge < -0.3 is 5.32 Å². The van der Waals surface area contributed by atoms with E-state index < -0.39 is 11.6 Å². The fourth-order valence-corrected chi connectivity index (χ4v) is 3.34. The van der Waals surface area contributed by atoms with Crippen LogP contribution < -0.4 is 5.32 Å². The topological polar surface area (TPSA) is 24.4 Å². The summed E-state index contributed by atoms with van der Waals surface area (Å²) < 4.78 is 27.5. The van der Waals surface area contributed by atoms with Crippen molar-refractivity contribution in [2.45, 2.75) is 18.5 Å². The predicted molar refractivity (Wildman–Crippen MR) is 99.0 cm³/mol. The van der Waals surface area contributed by atoms with Gasteiger partial charge in [0.15, 0.2) is 11.6 Å². The maximum atomic E-state index is 14.0. The fraction of sp³-hybridized carbons (Fsp3) is 0.136. The maximum Gasteiger partial charge on any atom is 0.162 e. The van der Waals surface area contributed by atoms with Crippen LogP contribution in [0.25, 0.3) is 0 Å². The van der Waals surface area contributed by atoms with Crippen molar-refractivity contribution in [2.75, 3.05) is 0 Å². The summed E-state index contributed by atoms with van der Waals surface area (Å²) in [6, 6.07) is 24.2. The van der Waals surface area contributed by atoms with Crippen LogP contribution >= 0.6 is 0 Å². The second-order valence-electron chi connectivity index (χ2n) is 6.35. The van der Waals surface area contributed by atoms with E-state index in [-0.39, 0.29) is 18.5 Å². The van der Waals surface area contributed by atoms with Gasteiger partial charge in [-0.15, -0.1) is 0 Å². The Hall–Kier alpha value is -3.01. The molecule has 2 nitrogen and oxygen atoms in total. The zero-order valence-electron chi connectivity index (χ0n) is 14.1. The predicted octanol–water partition coefficient (Wildman–Crippen LogP) is 4.99. The maximum absolute atomic E-state index is 14.0. The Labute approximate surface area is 151 Å². The Morgan fingerprint density at radius 1 is 0.769 bits per heavy atom. The van der Waals surface area contributed by atoms with Crippen LogP contribution in [0.2, 0.25) is 0 Å². The molecule has 0 aliphatic carbocycles. The molecule has 0 aromatic heterocycles. The zero-order valence-corrected chi connectivity index (χ0v) is 14.1. The van der Waals surface area contributed by atoms with Gasteiger partial charge in [0.2, 0.25) is 0 Å². The molecular weight excluding hydrogens is 330 g/mol. The minimum atomic E-state index is -0.833. The van der Waals surface area contributed by atoms with Gasteiger partial charge in [0, 0.05) is 6.42 Å². The van der Waals surface area contributed by atoms with Crippen LogP contribution in [0.5, 0.6) is 0 Å². The third kappa shape index (κ3) is 3.23. The van der Waals surface area contributed by atoms with Gasteiger partial charge in [0.1, 0.15) is 11.9 Å². The molecule has 0 radical (unpaired) electrons. The molecule has 4 rings (SSSR count). The van der Waals surface area contributed by atoms with Gasteiger partial charge in [0.25, 0.3) is 0 Å². The third-order valence-corrected chi connectivity index (χ3v) is 4.62. The second-order valence-corrected chi connectivity index (χ2v) is 6.35. The van der Waals surface area contributed by atoms with Crippen molar-refractivity contribution in [3.05, 3.63) is 107 Å². The number of aliphatic imine (C=N–C) groups is 1. The van der Waals surface area contributed by atoms with Crippen molar-refractivity contribution in [1.29, 1.82) is 0 Å². The molecule has 0 fully saturated rings. The lowest BCUT2D eigenvalue weighted by Gasteiger charge is -2.19. The number of hydrogen-bond donors (Lipinski definition) is 1. The van der Waals surface area contributed by atoms with Gasteiger partial charge in [0.05, 0.1) is 6.04 Å². The van der Waals surface area contributed by atoms with Crippen molar-refractivity contribution < 1.29 is 8.78 Å². The minimum Gasteiger partial charge on any atom is -0.364 e. The van der Waals surface area contributed by atoms with E-state index in [9.17, 15) is 8.78 Å². The van der Waals surface area contributed by atoms with Crippen LogP contribution in [0.15, 0.2) is 83.9 Å². The number of nitrogens with one attached hydrogen (secondary N) is 1. The van der Waals surface area contributed by atoms with E-state index in [2.05, 4.69) is 17.4 Å². The fourth-order valence-electron chi connectivity index (χ4n) is 3.34. The van der Waals surface area contributed by atoms with Crippen LogP contribution in [0, 0.1) is 11.6 Å². The van der Waals surface area contributed by atoms with Crippen LogP contribution in [-0.2, 0) is 6.42 Å². The number of benzene rings is 3. The standard InChI is InChI=1S/C22H18F2N2/c23-18-13-7-12-17(20(18)24)14-19-25-21(15-8-3-1-4-9-15)22(26-19)16-10-5-2-6-11-16/h1-13,21-22H,14H2,(H,25,26)/t21-,22+. The molecule has 0 amide bonds. The van der Waals surface area contributed by atoms with Crippen molar-refractivity contribution in [1.82, 2.24) is 5.32 Å². The van der Waals surface area contributed by atoms with Crippen molar-refractivity contribution in [2.24, 2.45) is 4.99 Å². The molecule has 1 N–H and O–H groups in total. The summed E-state index contributed by atoms with van der Waals surface area (Å²) in [5.41, 5.74) is 2.50. The Balaban J connectivity index is 1.67. The molecule has 1 heterocycles. The van der Waals surface area contributed by atoms with E-state index in [0.717, 1.165) is 17.2 Å². The highest BCUT2D eigenvalue weighted by Crippen LogP contribution is 2.36. The molecule has 3 aromatic carbocycles.